The van der Waals surface area contributed by atoms with Gasteiger partial charge in [0.25, 0.3) is 0 Å². The molecule has 0 spiro atoms. The van der Waals surface area contributed by atoms with Crippen LogP contribution in [0.15, 0.2) is 4.99 Å². The molecule has 0 atom stereocenters. The number of carbonyl (C=O) groups is 1. The van der Waals surface area contributed by atoms with Crippen LogP contribution >= 0.6 is 24.0 Å². The molecular formula is C18H35IN4O. The lowest BCUT2D eigenvalue weighted by Gasteiger charge is -2.28. The molecule has 0 saturated heterocycles. The number of nitrogens with zero attached hydrogens (tertiary/aromatic N) is 1. The predicted octanol–water partition coefficient (Wildman–Crippen LogP) is 3.19. The third-order valence-corrected chi connectivity index (χ3v) is 5.03. The summed E-state index contributed by atoms with van der Waals surface area (Å²) in [4.78, 5) is 16.5. The predicted molar refractivity (Wildman–Crippen MR) is 111 cm³/mol. The number of amides is 1. The van der Waals surface area contributed by atoms with E-state index in [0.29, 0.717) is 25.0 Å². The quantitative estimate of drug-likeness (QED) is 0.331. The first-order chi connectivity index (χ1) is 11.2. The molecule has 0 aromatic heterocycles. The second kappa shape index (κ2) is 11.9. The van der Waals surface area contributed by atoms with Crippen molar-refractivity contribution in [3.63, 3.8) is 0 Å². The SMILES string of the molecule is CCNC(=NCCC(=O)NC1CCCC1)NC1CCC(C)CC1.I. The molecule has 24 heavy (non-hydrogen) atoms. The number of guanidine groups is 1. The van der Waals surface area contributed by atoms with Gasteiger partial charge in [0.1, 0.15) is 0 Å². The van der Waals surface area contributed by atoms with E-state index in [0.717, 1.165) is 31.3 Å². The highest BCUT2D eigenvalue weighted by Gasteiger charge is 2.19. The smallest absolute Gasteiger partial charge is 0.222 e. The molecule has 0 aromatic carbocycles. The van der Waals surface area contributed by atoms with Crippen molar-refractivity contribution in [1.82, 2.24) is 16.0 Å². The summed E-state index contributed by atoms with van der Waals surface area (Å²) in [5.41, 5.74) is 0. The van der Waals surface area contributed by atoms with Crippen molar-refractivity contribution in [2.24, 2.45) is 10.9 Å². The van der Waals surface area contributed by atoms with Crippen LogP contribution in [0.3, 0.4) is 0 Å². The third-order valence-electron chi connectivity index (χ3n) is 5.03. The summed E-state index contributed by atoms with van der Waals surface area (Å²) in [6.45, 7) is 5.81. The first-order valence-corrected chi connectivity index (χ1v) is 9.51. The van der Waals surface area contributed by atoms with Gasteiger partial charge in [0.2, 0.25) is 5.91 Å². The van der Waals surface area contributed by atoms with E-state index >= 15 is 0 Å². The maximum Gasteiger partial charge on any atom is 0.222 e. The Balaban J connectivity index is 0.00000288. The average molecular weight is 450 g/mol. The van der Waals surface area contributed by atoms with Crippen LogP contribution in [0.4, 0.5) is 0 Å². The van der Waals surface area contributed by atoms with Crippen molar-refractivity contribution in [3.8, 4) is 0 Å². The standard InChI is InChI=1S/C18H34N4O.HI/c1-3-19-18(22-16-10-8-14(2)9-11-16)20-13-12-17(23)21-15-6-4-5-7-15;/h14-16H,3-13H2,1-2H3,(H,21,23)(H2,19,20,22);1H. The summed E-state index contributed by atoms with van der Waals surface area (Å²) in [5.74, 6) is 1.86. The summed E-state index contributed by atoms with van der Waals surface area (Å²) < 4.78 is 0. The highest BCUT2D eigenvalue weighted by Crippen LogP contribution is 2.23. The van der Waals surface area contributed by atoms with Gasteiger partial charge in [-0.1, -0.05) is 19.8 Å². The first kappa shape index (κ1) is 21.5. The van der Waals surface area contributed by atoms with Gasteiger partial charge in [0.05, 0.1) is 6.54 Å². The highest BCUT2D eigenvalue weighted by molar-refractivity contribution is 14.0. The van der Waals surface area contributed by atoms with Crippen LogP contribution in [0.5, 0.6) is 0 Å². The molecule has 0 bridgehead atoms. The lowest BCUT2D eigenvalue weighted by Crippen LogP contribution is -2.45. The van der Waals surface area contributed by atoms with Crippen molar-refractivity contribution in [2.45, 2.75) is 83.7 Å². The minimum Gasteiger partial charge on any atom is -0.357 e. The van der Waals surface area contributed by atoms with E-state index < -0.39 is 0 Å². The lowest BCUT2D eigenvalue weighted by molar-refractivity contribution is -0.121. The van der Waals surface area contributed by atoms with Crippen molar-refractivity contribution >= 4 is 35.8 Å². The number of hydrogen-bond donors (Lipinski definition) is 3. The Labute approximate surface area is 164 Å². The number of rotatable bonds is 6. The Morgan fingerprint density at radius 3 is 2.25 bits per heavy atom. The van der Waals surface area contributed by atoms with Gasteiger partial charge in [0.15, 0.2) is 5.96 Å². The van der Waals surface area contributed by atoms with Gasteiger partial charge >= 0.3 is 0 Å². The molecule has 6 heteroatoms. The summed E-state index contributed by atoms with van der Waals surface area (Å²) in [6, 6.07) is 0.929. The average Bonchev–Trinajstić information content (AvgIpc) is 3.02. The van der Waals surface area contributed by atoms with E-state index in [1.165, 1.54) is 38.5 Å². The van der Waals surface area contributed by atoms with Crippen molar-refractivity contribution in [2.75, 3.05) is 13.1 Å². The van der Waals surface area contributed by atoms with Gasteiger partial charge in [-0.3, -0.25) is 9.79 Å². The third kappa shape index (κ3) is 8.03. The van der Waals surface area contributed by atoms with Crippen LogP contribution in [-0.2, 0) is 4.79 Å². The molecule has 0 aliphatic heterocycles. The van der Waals surface area contributed by atoms with Crippen LogP contribution in [-0.4, -0.2) is 37.0 Å². The molecule has 2 saturated carbocycles. The minimum absolute atomic E-state index is 0. The maximum absolute atomic E-state index is 11.9. The normalized spacial score (nSPS) is 25.0. The molecule has 2 rings (SSSR count). The Kier molecular flexibility index (Phi) is 10.7. The molecule has 0 aromatic rings. The molecule has 2 aliphatic carbocycles. The molecule has 2 aliphatic rings. The van der Waals surface area contributed by atoms with Crippen LogP contribution in [0, 0.1) is 5.92 Å². The molecule has 3 N–H and O–H groups in total. The largest absolute Gasteiger partial charge is 0.357 e. The lowest BCUT2D eigenvalue weighted by atomic mass is 9.87. The molecule has 1 amide bonds. The number of aliphatic imine (C=N–C) groups is 1. The van der Waals surface area contributed by atoms with E-state index in [1.807, 2.05) is 0 Å². The number of halogens is 1. The second-order valence-electron chi connectivity index (χ2n) is 7.16. The topological polar surface area (TPSA) is 65.5 Å². The fourth-order valence-corrected chi connectivity index (χ4v) is 3.56. The van der Waals surface area contributed by atoms with E-state index in [1.54, 1.807) is 0 Å². The fraction of sp³-hybridized carbons (Fsp3) is 0.889. The zero-order valence-electron chi connectivity index (χ0n) is 15.3. The molecule has 0 radical (unpaired) electrons. The molecule has 5 nitrogen and oxygen atoms in total. The van der Waals surface area contributed by atoms with Crippen LogP contribution in [0.2, 0.25) is 0 Å². The van der Waals surface area contributed by atoms with E-state index in [-0.39, 0.29) is 29.9 Å². The fourth-order valence-electron chi connectivity index (χ4n) is 3.56. The van der Waals surface area contributed by atoms with E-state index in [9.17, 15) is 4.79 Å². The second-order valence-corrected chi connectivity index (χ2v) is 7.16. The molecule has 0 heterocycles. The number of hydrogen-bond acceptors (Lipinski definition) is 2. The zero-order valence-corrected chi connectivity index (χ0v) is 17.6. The molecule has 0 unspecified atom stereocenters. The van der Waals surface area contributed by atoms with Gasteiger partial charge in [-0.2, -0.15) is 0 Å². The van der Waals surface area contributed by atoms with Gasteiger partial charge < -0.3 is 16.0 Å². The maximum atomic E-state index is 11.9. The monoisotopic (exact) mass is 450 g/mol. The van der Waals surface area contributed by atoms with Crippen molar-refractivity contribution in [3.05, 3.63) is 0 Å². The molecule has 140 valence electrons. The van der Waals surface area contributed by atoms with Crippen LogP contribution < -0.4 is 16.0 Å². The molecular weight excluding hydrogens is 415 g/mol. The van der Waals surface area contributed by atoms with E-state index in [2.05, 4.69) is 34.8 Å². The van der Waals surface area contributed by atoms with Gasteiger partial charge in [-0.05, 0) is 51.4 Å². The van der Waals surface area contributed by atoms with Gasteiger partial charge in [0, 0.05) is 25.0 Å². The van der Waals surface area contributed by atoms with Crippen molar-refractivity contribution in [1.29, 1.82) is 0 Å². The van der Waals surface area contributed by atoms with Gasteiger partial charge in [-0.15, -0.1) is 24.0 Å². The van der Waals surface area contributed by atoms with Gasteiger partial charge in [-0.25, -0.2) is 0 Å². The summed E-state index contributed by atoms with van der Waals surface area (Å²) >= 11 is 0. The Bertz CT molecular complexity index is 388. The molecule has 2 fully saturated rings. The Hall–Kier alpha value is -0.530. The number of nitrogens with one attached hydrogen (secondary N) is 3. The van der Waals surface area contributed by atoms with Crippen LogP contribution in [0.1, 0.15) is 71.6 Å². The number of carbonyl (C=O) groups excluding carboxylic acids is 1. The zero-order chi connectivity index (χ0) is 16.5. The highest BCUT2D eigenvalue weighted by atomic mass is 127. The summed E-state index contributed by atoms with van der Waals surface area (Å²) in [5, 5.41) is 9.95. The Morgan fingerprint density at radius 2 is 1.62 bits per heavy atom. The first-order valence-electron chi connectivity index (χ1n) is 9.51. The van der Waals surface area contributed by atoms with E-state index in [4.69, 9.17) is 0 Å². The van der Waals surface area contributed by atoms with Crippen LogP contribution in [0.25, 0.3) is 0 Å². The Morgan fingerprint density at radius 1 is 1.00 bits per heavy atom. The minimum atomic E-state index is 0. The van der Waals surface area contributed by atoms with Crippen molar-refractivity contribution < 1.29 is 4.79 Å². The summed E-state index contributed by atoms with van der Waals surface area (Å²) in [6.07, 6.45) is 10.3. The summed E-state index contributed by atoms with van der Waals surface area (Å²) in [7, 11) is 0.